The highest BCUT2D eigenvalue weighted by Gasteiger charge is 2.27. The van der Waals surface area contributed by atoms with Gasteiger partial charge in [-0.1, -0.05) is 13.8 Å². The van der Waals surface area contributed by atoms with Crippen LogP contribution in [0.1, 0.15) is 47.5 Å². The van der Waals surface area contributed by atoms with Crippen LogP contribution in [0.2, 0.25) is 0 Å². The van der Waals surface area contributed by atoms with Gasteiger partial charge in [-0.3, -0.25) is 4.79 Å². The molecule has 0 aliphatic heterocycles. The Balaban J connectivity index is 3.91. The zero-order chi connectivity index (χ0) is 14.2. The van der Waals surface area contributed by atoms with Gasteiger partial charge in [0.1, 0.15) is 0 Å². The Hall–Kier alpha value is -0.280. The van der Waals surface area contributed by atoms with Crippen molar-refractivity contribution >= 4 is 17.5 Å². The molecule has 1 amide bonds. The fraction of sp³-hybridized carbons (Fsp3) is 0.929. The number of carbonyl (C=O) groups excluding carboxylic acids is 1. The summed E-state index contributed by atoms with van der Waals surface area (Å²) in [6.07, 6.45) is 2.13. The average molecular weight is 277 g/mol. The molecule has 0 aliphatic rings. The van der Waals surface area contributed by atoms with Gasteiger partial charge in [-0.25, -0.2) is 0 Å². The summed E-state index contributed by atoms with van der Waals surface area (Å²) in [5.74, 6) is 0.401. The summed E-state index contributed by atoms with van der Waals surface area (Å²) in [7, 11) is 0. The number of carbonyl (C=O) groups is 1. The summed E-state index contributed by atoms with van der Waals surface area (Å²) in [5.41, 5.74) is -0.477. The number of amides is 1. The van der Waals surface area contributed by atoms with Crippen LogP contribution in [0, 0.1) is 5.41 Å². The fourth-order valence-corrected chi connectivity index (χ4v) is 1.83. The lowest BCUT2D eigenvalue weighted by Crippen LogP contribution is -2.42. The van der Waals surface area contributed by atoms with E-state index in [4.69, 9.17) is 11.6 Å². The van der Waals surface area contributed by atoms with Gasteiger partial charge >= 0.3 is 0 Å². The lowest BCUT2D eigenvalue weighted by molar-refractivity contribution is -0.129. The van der Waals surface area contributed by atoms with Gasteiger partial charge in [-0.05, 0) is 53.2 Å². The maximum absolute atomic E-state index is 11.9. The Labute approximate surface area is 117 Å². The molecule has 0 aromatic carbocycles. The molecule has 0 spiro atoms. The molecule has 0 heterocycles. The third-order valence-electron chi connectivity index (χ3n) is 3.33. The average Bonchev–Trinajstić information content (AvgIpc) is 2.34. The normalized spacial score (nSPS) is 13.7. The van der Waals surface area contributed by atoms with Crippen LogP contribution in [0.25, 0.3) is 0 Å². The van der Waals surface area contributed by atoms with Crippen LogP contribution in [0.5, 0.6) is 0 Å². The van der Waals surface area contributed by atoms with Crippen molar-refractivity contribution in [1.29, 1.82) is 0 Å². The van der Waals surface area contributed by atoms with Crippen LogP contribution in [-0.2, 0) is 4.79 Å². The van der Waals surface area contributed by atoms with E-state index in [1.54, 1.807) is 0 Å². The summed E-state index contributed by atoms with van der Waals surface area (Å²) >= 11 is 5.79. The quantitative estimate of drug-likeness (QED) is 0.657. The molecule has 0 radical (unpaired) electrons. The maximum Gasteiger partial charge on any atom is 0.227 e. The first-order valence-electron chi connectivity index (χ1n) is 6.96. The number of nitrogens with zero attached hydrogens (tertiary/aromatic N) is 1. The SMILES string of the molecule is CCN(CC)CCCC(C)NC(=O)C(C)(C)CCl. The standard InChI is InChI=1S/C14H29ClN2O/c1-6-17(7-2)10-8-9-12(3)16-13(18)14(4,5)11-15/h12H,6-11H2,1-5H3,(H,16,18). The van der Waals surface area contributed by atoms with Crippen molar-refractivity contribution in [1.82, 2.24) is 10.2 Å². The monoisotopic (exact) mass is 276 g/mol. The number of halogens is 1. The van der Waals surface area contributed by atoms with E-state index in [0.717, 1.165) is 32.5 Å². The Morgan fingerprint density at radius 3 is 2.33 bits per heavy atom. The molecule has 0 saturated carbocycles. The van der Waals surface area contributed by atoms with E-state index in [-0.39, 0.29) is 11.9 Å². The van der Waals surface area contributed by atoms with Crippen molar-refractivity contribution in [3.63, 3.8) is 0 Å². The first kappa shape index (κ1) is 17.7. The molecule has 3 nitrogen and oxygen atoms in total. The minimum Gasteiger partial charge on any atom is -0.353 e. The largest absolute Gasteiger partial charge is 0.353 e. The van der Waals surface area contributed by atoms with Crippen molar-refractivity contribution in [3.8, 4) is 0 Å². The van der Waals surface area contributed by atoms with E-state index in [0.29, 0.717) is 5.88 Å². The number of hydrogen-bond acceptors (Lipinski definition) is 2. The third-order valence-corrected chi connectivity index (χ3v) is 4.00. The maximum atomic E-state index is 11.9. The van der Waals surface area contributed by atoms with Crippen LogP contribution in [0.4, 0.5) is 0 Å². The van der Waals surface area contributed by atoms with Gasteiger partial charge in [0.05, 0.1) is 5.41 Å². The van der Waals surface area contributed by atoms with Crippen molar-refractivity contribution in [2.45, 2.75) is 53.5 Å². The Morgan fingerprint density at radius 2 is 1.89 bits per heavy atom. The lowest BCUT2D eigenvalue weighted by Gasteiger charge is -2.24. The van der Waals surface area contributed by atoms with Crippen LogP contribution in [0.15, 0.2) is 0 Å². The summed E-state index contributed by atoms with van der Waals surface area (Å²) in [6, 6.07) is 0.218. The second kappa shape index (κ2) is 8.76. The number of rotatable bonds is 9. The smallest absolute Gasteiger partial charge is 0.227 e. The second-order valence-electron chi connectivity index (χ2n) is 5.56. The summed E-state index contributed by atoms with van der Waals surface area (Å²) in [4.78, 5) is 14.3. The van der Waals surface area contributed by atoms with E-state index < -0.39 is 5.41 Å². The van der Waals surface area contributed by atoms with Crippen molar-refractivity contribution in [2.24, 2.45) is 5.41 Å². The molecular formula is C14H29ClN2O. The molecule has 0 aliphatic carbocycles. The molecule has 0 bridgehead atoms. The van der Waals surface area contributed by atoms with Gasteiger partial charge in [-0.15, -0.1) is 11.6 Å². The Bertz CT molecular complexity index is 240. The van der Waals surface area contributed by atoms with Gasteiger partial charge in [0.2, 0.25) is 5.91 Å². The van der Waals surface area contributed by atoms with E-state index in [1.165, 1.54) is 0 Å². The zero-order valence-electron chi connectivity index (χ0n) is 12.6. The first-order chi connectivity index (χ1) is 8.37. The van der Waals surface area contributed by atoms with Crippen LogP contribution < -0.4 is 5.32 Å². The number of hydrogen-bond donors (Lipinski definition) is 1. The molecular weight excluding hydrogens is 248 g/mol. The Morgan fingerprint density at radius 1 is 1.33 bits per heavy atom. The third kappa shape index (κ3) is 6.60. The molecule has 0 aromatic rings. The lowest BCUT2D eigenvalue weighted by atomic mass is 9.94. The topological polar surface area (TPSA) is 32.3 Å². The highest BCUT2D eigenvalue weighted by Crippen LogP contribution is 2.17. The van der Waals surface area contributed by atoms with Crippen LogP contribution in [0.3, 0.4) is 0 Å². The predicted octanol–water partition coefficient (Wildman–Crippen LogP) is 2.88. The van der Waals surface area contributed by atoms with Crippen molar-refractivity contribution < 1.29 is 4.79 Å². The molecule has 1 unspecified atom stereocenters. The number of nitrogens with one attached hydrogen (secondary N) is 1. The summed E-state index contributed by atoms with van der Waals surface area (Å²) in [6.45, 7) is 13.5. The predicted molar refractivity (Wildman–Crippen MR) is 79.1 cm³/mol. The molecule has 108 valence electrons. The highest BCUT2D eigenvalue weighted by atomic mass is 35.5. The van der Waals surface area contributed by atoms with E-state index in [2.05, 4.69) is 31.0 Å². The van der Waals surface area contributed by atoms with Gasteiger partial charge in [0.25, 0.3) is 0 Å². The molecule has 0 saturated heterocycles. The van der Waals surface area contributed by atoms with Crippen molar-refractivity contribution in [3.05, 3.63) is 0 Å². The van der Waals surface area contributed by atoms with Crippen molar-refractivity contribution in [2.75, 3.05) is 25.5 Å². The zero-order valence-corrected chi connectivity index (χ0v) is 13.3. The van der Waals surface area contributed by atoms with Crippen LogP contribution >= 0.6 is 11.6 Å². The van der Waals surface area contributed by atoms with E-state index in [1.807, 2.05) is 13.8 Å². The molecule has 4 heteroatoms. The van der Waals surface area contributed by atoms with Gasteiger partial charge in [0, 0.05) is 11.9 Å². The van der Waals surface area contributed by atoms with E-state index >= 15 is 0 Å². The molecule has 18 heavy (non-hydrogen) atoms. The summed E-state index contributed by atoms with van der Waals surface area (Å²) in [5, 5.41) is 3.04. The molecule has 0 aromatic heterocycles. The summed E-state index contributed by atoms with van der Waals surface area (Å²) < 4.78 is 0. The molecule has 1 atom stereocenters. The minimum absolute atomic E-state index is 0.0489. The molecule has 0 rings (SSSR count). The number of alkyl halides is 1. The van der Waals surface area contributed by atoms with Gasteiger partial charge in [0.15, 0.2) is 0 Å². The molecule has 0 fully saturated rings. The van der Waals surface area contributed by atoms with E-state index in [9.17, 15) is 4.79 Å². The van der Waals surface area contributed by atoms with Crippen LogP contribution in [-0.4, -0.2) is 42.4 Å². The second-order valence-corrected chi connectivity index (χ2v) is 5.83. The van der Waals surface area contributed by atoms with Gasteiger partial charge < -0.3 is 10.2 Å². The highest BCUT2D eigenvalue weighted by molar-refractivity contribution is 6.19. The fourth-order valence-electron chi connectivity index (χ4n) is 1.71. The first-order valence-corrected chi connectivity index (χ1v) is 7.50. The molecule has 1 N–H and O–H groups in total. The van der Waals surface area contributed by atoms with Gasteiger partial charge in [-0.2, -0.15) is 0 Å². The Kier molecular flexibility index (Phi) is 8.62. The minimum atomic E-state index is -0.477.